The number of rotatable bonds is 3. The summed E-state index contributed by atoms with van der Waals surface area (Å²) in [5.74, 6) is 0. The van der Waals surface area contributed by atoms with Crippen LogP contribution in [0.3, 0.4) is 0 Å². The van der Waals surface area contributed by atoms with Gasteiger partial charge in [0.2, 0.25) is 0 Å². The van der Waals surface area contributed by atoms with Crippen LogP contribution in [-0.4, -0.2) is 28.5 Å². The molecule has 2 atom stereocenters. The molecule has 3 nitrogen and oxygen atoms in total. The van der Waals surface area contributed by atoms with Gasteiger partial charge >= 0.3 is 0 Å². The van der Waals surface area contributed by atoms with Gasteiger partial charge < -0.3 is 5.32 Å². The molecule has 5 heteroatoms. The van der Waals surface area contributed by atoms with Crippen LogP contribution in [0.15, 0.2) is 0 Å². The molecule has 1 N–H and O–H groups in total. The Morgan fingerprint density at radius 1 is 1.69 bits per heavy atom. The van der Waals surface area contributed by atoms with E-state index < -0.39 is 6.17 Å². The van der Waals surface area contributed by atoms with Crippen molar-refractivity contribution < 1.29 is 4.39 Å². The van der Waals surface area contributed by atoms with E-state index in [0.717, 1.165) is 30.8 Å². The maximum atomic E-state index is 14.0. The first-order valence-electron chi connectivity index (χ1n) is 5.65. The molecule has 0 aromatic carbocycles. The van der Waals surface area contributed by atoms with Crippen LogP contribution >= 0.6 is 11.6 Å². The van der Waals surface area contributed by atoms with Gasteiger partial charge in [-0.05, 0) is 26.3 Å². The van der Waals surface area contributed by atoms with Gasteiger partial charge in [-0.2, -0.15) is 5.10 Å². The van der Waals surface area contributed by atoms with Crippen molar-refractivity contribution in [1.29, 1.82) is 0 Å². The molecule has 0 amide bonds. The standard InChI is InChI=1S/C11H17ClFN3/c1-7-11(12)10(16(2)15-7)6-8(13)9-4-3-5-14-9/h8-9,14H,3-6H2,1-2H3. The van der Waals surface area contributed by atoms with Crippen LogP contribution in [0, 0.1) is 6.92 Å². The van der Waals surface area contributed by atoms with Crippen molar-refractivity contribution in [2.24, 2.45) is 7.05 Å². The summed E-state index contributed by atoms with van der Waals surface area (Å²) in [5.41, 5.74) is 1.56. The molecule has 0 bridgehead atoms. The Balaban J connectivity index is 2.07. The highest BCUT2D eigenvalue weighted by molar-refractivity contribution is 6.31. The summed E-state index contributed by atoms with van der Waals surface area (Å²) in [4.78, 5) is 0. The van der Waals surface area contributed by atoms with E-state index in [1.54, 1.807) is 4.68 Å². The molecule has 0 aliphatic carbocycles. The van der Waals surface area contributed by atoms with Gasteiger partial charge in [-0.15, -0.1) is 0 Å². The van der Waals surface area contributed by atoms with Crippen LogP contribution in [0.25, 0.3) is 0 Å². The molecule has 2 unspecified atom stereocenters. The largest absolute Gasteiger partial charge is 0.311 e. The Morgan fingerprint density at radius 2 is 2.44 bits per heavy atom. The molecule has 0 saturated carbocycles. The van der Waals surface area contributed by atoms with Gasteiger partial charge in [0.1, 0.15) is 6.17 Å². The van der Waals surface area contributed by atoms with E-state index in [4.69, 9.17) is 11.6 Å². The summed E-state index contributed by atoms with van der Waals surface area (Å²) >= 11 is 6.09. The minimum Gasteiger partial charge on any atom is -0.311 e. The number of hydrogen-bond donors (Lipinski definition) is 1. The first-order valence-corrected chi connectivity index (χ1v) is 6.03. The van der Waals surface area contributed by atoms with Gasteiger partial charge in [0, 0.05) is 19.5 Å². The summed E-state index contributed by atoms with van der Waals surface area (Å²) in [7, 11) is 1.81. The fourth-order valence-electron chi connectivity index (χ4n) is 2.25. The van der Waals surface area contributed by atoms with E-state index in [1.807, 2.05) is 14.0 Å². The zero-order valence-corrected chi connectivity index (χ0v) is 10.4. The number of halogens is 2. The molecule has 2 rings (SSSR count). The first-order chi connectivity index (χ1) is 7.59. The van der Waals surface area contributed by atoms with E-state index in [-0.39, 0.29) is 6.04 Å². The Bertz CT molecular complexity index is 372. The van der Waals surface area contributed by atoms with E-state index in [9.17, 15) is 4.39 Å². The van der Waals surface area contributed by atoms with Crippen LogP contribution in [0.2, 0.25) is 5.02 Å². The van der Waals surface area contributed by atoms with E-state index in [0.29, 0.717) is 11.4 Å². The third-order valence-corrected chi connectivity index (χ3v) is 3.68. The second-order valence-corrected chi connectivity index (χ2v) is 4.77. The Labute approximate surface area is 100.0 Å². The van der Waals surface area contributed by atoms with E-state index >= 15 is 0 Å². The SMILES string of the molecule is Cc1nn(C)c(CC(F)C2CCCN2)c1Cl. The molecule has 1 aliphatic rings. The van der Waals surface area contributed by atoms with Crippen molar-refractivity contribution in [3.05, 3.63) is 16.4 Å². The second-order valence-electron chi connectivity index (χ2n) is 4.39. The smallest absolute Gasteiger partial charge is 0.121 e. The van der Waals surface area contributed by atoms with Crippen molar-refractivity contribution in [1.82, 2.24) is 15.1 Å². The number of aryl methyl sites for hydroxylation is 2. The van der Waals surface area contributed by atoms with Gasteiger partial charge in [-0.25, -0.2) is 4.39 Å². The van der Waals surface area contributed by atoms with Gasteiger partial charge in [0.15, 0.2) is 0 Å². The van der Waals surface area contributed by atoms with Crippen molar-refractivity contribution in [2.45, 2.75) is 38.4 Å². The summed E-state index contributed by atoms with van der Waals surface area (Å²) in [6, 6.07) is -0.0220. The van der Waals surface area contributed by atoms with Crippen LogP contribution in [-0.2, 0) is 13.5 Å². The van der Waals surface area contributed by atoms with Crippen LogP contribution < -0.4 is 5.32 Å². The monoisotopic (exact) mass is 245 g/mol. The zero-order chi connectivity index (χ0) is 11.7. The maximum Gasteiger partial charge on any atom is 0.121 e. The lowest BCUT2D eigenvalue weighted by molar-refractivity contribution is 0.260. The molecule has 1 aromatic rings. The topological polar surface area (TPSA) is 29.9 Å². The summed E-state index contributed by atoms with van der Waals surface area (Å²) in [5, 5.41) is 7.96. The van der Waals surface area contributed by atoms with Gasteiger partial charge in [-0.1, -0.05) is 11.6 Å². The van der Waals surface area contributed by atoms with Crippen LogP contribution in [0.5, 0.6) is 0 Å². The molecule has 1 fully saturated rings. The third-order valence-electron chi connectivity index (χ3n) is 3.19. The average Bonchev–Trinajstić information content (AvgIpc) is 2.83. The molecule has 0 spiro atoms. The third kappa shape index (κ3) is 2.23. The molecule has 1 aliphatic heterocycles. The minimum absolute atomic E-state index is 0.0220. The fraction of sp³-hybridized carbons (Fsp3) is 0.727. The highest BCUT2D eigenvalue weighted by Gasteiger charge is 2.26. The zero-order valence-electron chi connectivity index (χ0n) is 9.63. The number of alkyl halides is 1. The van der Waals surface area contributed by atoms with Crippen LogP contribution in [0.1, 0.15) is 24.2 Å². The molecule has 0 radical (unpaired) electrons. The minimum atomic E-state index is -0.880. The summed E-state index contributed by atoms with van der Waals surface area (Å²) in [6.45, 7) is 2.76. The van der Waals surface area contributed by atoms with Crippen molar-refractivity contribution >= 4 is 11.6 Å². The number of hydrogen-bond acceptors (Lipinski definition) is 2. The fourth-order valence-corrected chi connectivity index (χ4v) is 2.49. The van der Waals surface area contributed by atoms with Gasteiger partial charge in [-0.3, -0.25) is 4.68 Å². The lowest BCUT2D eigenvalue weighted by Gasteiger charge is -2.16. The molecular weight excluding hydrogens is 229 g/mol. The van der Waals surface area contributed by atoms with Crippen molar-refractivity contribution in [3.63, 3.8) is 0 Å². The summed E-state index contributed by atoms with van der Waals surface area (Å²) < 4.78 is 15.7. The Morgan fingerprint density at radius 3 is 2.94 bits per heavy atom. The molecule has 16 heavy (non-hydrogen) atoms. The Kier molecular flexibility index (Phi) is 3.50. The molecule has 2 heterocycles. The quantitative estimate of drug-likeness (QED) is 0.883. The highest BCUT2D eigenvalue weighted by atomic mass is 35.5. The summed E-state index contributed by atoms with van der Waals surface area (Å²) in [6.07, 6.45) is 1.43. The molecule has 90 valence electrons. The lowest BCUT2D eigenvalue weighted by atomic mass is 10.1. The second kappa shape index (κ2) is 4.72. The highest BCUT2D eigenvalue weighted by Crippen LogP contribution is 2.23. The van der Waals surface area contributed by atoms with Gasteiger partial charge in [0.25, 0.3) is 0 Å². The number of nitrogens with zero attached hydrogens (tertiary/aromatic N) is 2. The molecule has 1 aromatic heterocycles. The number of aromatic nitrogens is 2. The average molecular weight is 246 g/mol. The van der Waals surface area contributed by atoms with Gasteiger partial charge in [0.05, 0.1) is 16.4 Å². The van der Waals surface area contributed by atoms with E-state index in [2.05, 4.69) is 10.4 Å². The normalized spacial score (nSPS) is 22.6. The van der Waals surface area contributed by atoms with Crippen LogP contribution in [0.4, 0.5) is 4.39 Å². The van der Waals surface area contributed by atoms with Crippen molar-refractivity contribution in [2.75, 3.05) is 6.54 Å². The number of nitrogens with one attached hydrogen (secondary N) is 1. The van der Waals surface area contributed by atoms with E-state index in [1.165, 1.54) is 0 Å². The maximum absolute atomic E-state index is 14.0. The lowest BCUT2D eigenvalue weighted by Crippen LogP contribution is -2.33. The predicted molar refractivity (Wildman–Crippen MR) is 62.6 cm³/mol. The first kappa shape index (κ1) is 11.9. The van der Waals surface area contributed by atoms with Crippen molar-refractivity contribution in [3.8, 4) is 0 Å². The molecule has 1 saturated heterocycles. The predicted octanol–water partition coefficient (Wildman–Crippen LogP) is 2.01. The Hall–Kier alpha value is -0.610. The molecular formula is C11H17ClFN3.